The third-order valence-corrected chi connectivity index (χ3v) is 6.19. The quantitative estimate of drug-likeness (QED) is 0.254. The number of fused-ring (bicyclic) bond motifs is 1. The largest absolute Gasteiger partial charge is 0.462 e. The zero-order chi connectivity index (χ0) is 24.8. The number of halogens is 1. The minimum atomic E-state index is -0.514. The Labute approximate surface area is 210 Å². The molecule has 0 aliphatic carbocycles. The molecule has 0 radical (unpaired) electrons. The number of thioether (sulfide) groups is 1. The van der Waals surface area contributed by atoms with Gasteiger partial charge in [0.1, 0.15) is 5.65 Å². The van der Waals surface area contributed by atoms with Gasteiger partial charge in [0, 0.05) is 22.9 Å². The number of carbonyl (C=O) groups is 2. The van der Waals surface area contributed by atoms with Crippen molar-refractivity contribution in [1.82, 2.24) is 9.38 Å². The van der Waals surface area contributed by atoms with E-state index in [0.717, 1.165) is 4.90 Å². The predicted octanol–water partition coefficient (Wildman–Crippen LogP) is 5.46. The Balaban J connectivity index is 1.47. The molecule has 4 rings (SSSR count). The SMILES string of the molecule is CCOC(=O)c1ccccc1NC(=O)Nc1ccccc1SCc1cc(=O)n2cc(Cl)ccc2n1. The van der Waals surface area contributed by atoms with Crippen LogP contribution >= 0.6 is 23.4 Å². The summed E-state index contributed by atoms with van der Waals surface area (Å²) < 4.78 is 6.45. The molecule has 0 saturated heterocycles. The van der Waals surface area contributed by atoms with Gasteiger partial charge in [0.15, 0.2) is 0 Å². The highest BCUT2D eigenvalue weighted by Crippen LogP contribution is 2.29. The number of benzene rings is 2. The molecular weight excluding hydrogens is 488 g/mol. The van der Waals surface area contributed by atoms with Crippen LogP contribution in [0.3, 0.4) is 0 Å². The normalized spacial score (nSPS) is 10.7. The molecule has 2 amide bonds. The third-order valence-electron chi connectivity index (χ3n) is 4.86. The smallest absolute Gasteiger partial charge is 0.340 e. The molecule has 0 unspecified atom stereocenters. The van der Waals surface area contributed by atoms with Crippen LogP contribution in [-0.4, -0.2) is 28.0 Å². The molecule has 0 fully saturated rings. The maximum absolute atomic E-state index is 12.7. The second-order valence-corrected chi connectivity index (χ2v) is 8.74. The van der Waals surface area contributed by atoms with E-state index in [9.17, 15) is 14.4 Å². The molecule has 0 atom stereocenters. The lowest BCUT2D eigenvalue weighted by atomic mass is 10.2. The Kier molecular flexibility index (Phi) is 7.69. The molecule has 0 aliphatic heterocycles. The number of nitrogens with one attached hydrogen (secondary N) is 2. The van der Waals surface area contributed by atoms with E-state index in [4.69, 9.17) is 16.3 Å². The molecule has 2 N–H and O–H groups in total. The van der Waals surface area contributed by atoms with Crippen molar-refractivity contribution in [3.8, 4) is 0 Å². The molecule has 8 nitrogen and oxygen atoms in total. The van der Waals surface area contributed by atoms with Crippen molar-refractivity contribution >= 4 is 52.4 Å². The first-order valence-electron chi connectivity index (χ1n) is 10.7. The number of carbonyl (C=O) groups excluding carboxylic acids is 2. The van der Waals surface area contributed by atoms with Gasteiger partial charge < -0.3 is 15.4 Å². The van der Waals surface area contributed by atoms with E-state index in [2.05, 4.69) is 15.6 Å². The first-order chi connectivity index (χ1) is 16.9. The van der Waals surface area contributed by atoms with Crippen molar-refractivity contribution < 1.29 is 14.3 Å². The Hall–Kier alpha value is -3.82. The number of ether oxygens (including phenoxy) is 1. The van der Waals surface area contributed by atoms with E-state index >= 15 is 0 Å². The lowest BCUT2D eigenvalue weighted by Crippen LogP contribution is -2.21. The minimum Gasteiger partial charge on any atom is -0.462 e. The summed E-state index contributed by atoms with van der Waals surface area (Å²) in [7, 11) is 0. The van der Waals surface area contributed by atoms with Crippen LogP contribution in [0.25, 0.3) is 5.65 Å². The number of pyridine rings is 1. The van der Waals surface area contributed by atoms with Crippen LogP contribution < -0.4 is 16.2 Å². The van der Waals surface area contributed by atoms with E-state index in [1.165, 1.54) is 28.4 Å². The highest BCUT2D eigenvalue weighted by atomic mass is 35.5. The fourth-order valence-electron chi connectivity index (χ4n) is 3.30. The van der Waals surface area contributed by atoms with E-state index < -0.39 is 12.0 Å². The van der Waals surface area contributed by atoms with Crippen LogP contribution in [-0.2, 0) is 10.5 Å². The molecule has 2 aromatic heterocycles. The number of urea groups is 1. The van der Waals surface area contributed by atoms with E-state index in [0.29, 0.717) is 33.5 Å². The number of hydrogen-bond donors (Lipinski definition) is 2. The van der Waals surface area contributed by atoms with Crippen LogP contribution in [0.1, 0.15) is 23.0 Å². The zero-order valence-corrected chi connectivity index (χ0v) is 20.2. The number of esters is 1. The van der Waals surface area contributed by atoms with E-state index in [1.807, 2.05) is 12.1 Å². The summed E-state index contributed by atoms with van der Waals surface area (Å²) >= 11 is 7.40. The summed E-state index contributed by atoms with van der Waals surface area (Å²) in [4.78, 5) is 42.6. The second kappa shape index (κ2) is 11.1. The van der Waals surface area contributed by atoms with Crippen molar-refractivity contribution in [3.63, 3.8) is 0 Å². The summed E-state index contributed by atoms with van der Waals surface area (Å²) in [5, 5.41) is 5.97. The maximum atomic E-state index is 12.7. The molecule has 2 aromatic carbocycles. The average Bonchev–Trinajstić information content (AvgIpc) is 2.84. The van der Waals surface area contributed by atoms with Gasteiger partial charge in [0.05, 0.1) is 34.3 Å². The van der Waals surface area contributed by atoms with Crippen molar-refractivity contribution in [3.05, 3.63) is 99.6 Å². The summed E-state index contributed by atoms with van der Waals surface area (Å²) in [6.45, 7) is 1.95. The van der Waals surface area contributed by atoms with Crippen molar-refractivity contribution in [1.29, 1.82) is 0 Å². The monoisotopic (exact) mass is 508 g/mol. The van der Waals surface area contributed by atoms with Gasteiger partial charge in [-0.3, -0.25) is 9.20 Å². The highest BCUT2D eigenvalue weighted by molar-refractivity contribution is 7.98. The number of nitrogens with zero attached hydrogens (tertiary/aromatic N) is 2. The van der Waals surface area contributed by atoms with Gasteiger partial charge in [0.2, 0.25) is 0 Å². The van der Waals surface area contributed by atoms with Gasteiger partial charge >= 0.3 is 12.0 Å². The lowest BCUT2D eigenvalue weighted by molar-refractivity contribution is 0.0527. The average molecular weight is 509 g/mol. The molecule has 0 spiro atoms. The first-order valence-corrected chi connectivity index (χ1v) is 12.0. The van der Waals surface area contributed by atoms with Gasteiger partial charge in [-0.25, -0.2) is 14.6 Å². The van der Waals surface area contributed by atoms with Crippen LogP contribution in [0.5, 0.6) is 0 Å². The van der Waals surface area contributed by atoms with Crippen molar-refractivity contribution in [2.45, 2.75) is 17.6 Å². The molecule has 0 aliphatic rings. The Morgan fingerprint density at radius 3 is 2.54 bits per heavy atom. The molecule has 2 heterocycles. The number of amides is 2. The lowest BCUT2D eigenvalue weighted by Gasteiger charge is -2.13. The van der Waals surface area contributed by atoms with Gasteiger partial charge in [0.25, 0.3) is 5.56 Å². The molecule has 178 valence electrons. The van der Waals surface area contributed by atoms with Crippen molar-refractivity contribution in [2.75, 3.05) is 17.2 Å². The molecule has 35 heavy (non-hydrogen) atoms. The number of hydrogen-bond acceptors (Lipinski definition) is 6. The topological polar surface area (TPSA) is 102 Å². The fraction of sp³-hybridized carbons (Fsp3) is 0.120. The number of rotatable bonds is 7. The number of aromatic nitrogens is 2. The summed E-state index contributed by atoms with van der Waals surface area (Å²) in [6.07, 6.45) is 1.53. The fourth-order valence-corrected chi connectivity index (χ4v) is 4.36. The summed E-state index contributed by atoms with van der Waals surface area (Å²) in [5.74, 6) is -0.0965. The Morgan fingerprint density at radius 2 is 1.74 bits per heavy atom. The highest BCUT2D eigenvalue weighted by Gasteiger charge is 2.15. The van der Waals surface area contributed by atoms with Crippen LogP contribution in [0.4, 0.5) is 16.2 Å². The second-order valence-electron chi connectivity index (χ2n) is 7.29. The van der Waals surface area contributed by atoms with Gasteiger partial charge in [-0.05, 0) is 43.3 Å². The van der Waals surface area contributed by atoms with Gasteiger partial charge in [-0.2, -0.15) is 0 Å². The van der Waals surface area contributed by atoms with Crippen LogP contribution in [0.15, 0.2) is 82.6 Å². The van der Waals surface area contributed by atoms with E-state index in [1.54, 1.807) is 55.5 Å². The molecule has 0 bridgehead atoms. The van der Waals surface area contributed by atoms with E-state index in [-0.39, 0.29) is 17.7 Å². The summed E-state index contributed by atoms with van der Waals surface area (Å²) in [5.41, 5.74) is 2.07. The Bertz CT molecular complexity index is 1460. The number of anilines is 2. The minimum absolute atomic E-state index is 0.223. The van der Waals surface area contributed by atoms with Crippen molar-refractivity contribution in [2.24, 2.45) is 0 Å². The molecular formula is C25H21ClN4O4S. The number of para-hydroxylation sites is 2. The Morgan fingerprint density at radius 1 is 1.03 bits per heavy atom. The molecule has 4 aromatic rings. The van der Waals surface area contributed by atoms with Gasteiger partial charge in [-0.1, -0.05) is 35.9 Å². The third kappa shape index (κ3) is 6.00. The summed E-state index contributed by atoms with van der Waals surface area (Å²) in [6, 6.07) is 18.2. The van der Waals surface area contributed by atoms with Crippen LogP contribution in [0, 0.1) is 0 Å². The maximum Gasteiger partial charge on any atom is 0.340 e. The molecule has 0 saturated carbocycles. The van der Waals surface area contributed by atoms with Crippen LogP contribution in [0.2, 0.25) is 5.02 Å². The standard InChI is InChI=1S/C25H21ClN4O4S/c1-2-34-24(32)18-7-3-4-8-19(18)28-25(33)29-20-9-5-6-10-21(20)35-15-17-13-23(31)30-14-16(26)11-12-22(30)27-17/h3-14H,2,15H2,1H3,(H2,28,29,33). The predicted molar refractivity (Wildman–Crippen MR) is 138 cm³/mol. The zero-order valence-electron chi connectivity index (χ0n) is 18.7. The first kappa shape index (κ1) is 24.3. The molecule has 10 heteroatoms. The van der Waals surface area contributed by atoms with Gasteiger partial charge in [-0.15, -0.1) is 11.8 Å².